The van der Waals surface area contributed by atoms with Gasteiger partial charge in [0.05, 0.1) is 16.1 Å². The van der Waals surface area contributed by atoms with Crippen LogP contribution in [0.2, 0.25) is 0 Å². The largest absolute Gasteiger partial charge is 0.480 e. The van der Waals surface area contributed by atoms with Crippen LogP contribution in [0.25, 0.3) is 11.1 Å². The maximum Gasteiger partial charge on any atom is 0.329 e. The lowest BCUT2D eigenvalue weighted by molar-refractivity contribution is -0.142. The van der Waals surface area contributed by atoms with Crippen LogP contribution >= 0.6 is 23.5 Å². The zero-order valence-corrected chi connectivity index (χ0v) is 20.0. The van der Waals surface area contributed by atoms with Gasteiger partial charge < -0.3 is 15.6 Å². The van der Waals surface area contributed by atoms with Gasteiger partial charge in [-0.2, -0.15) is 0 Å². The maximum absolute atomic E-state index is 13.5. The van der Waals surface area contributed by atoms with Crippen LogP contribution in [0.3, 0.4) is 0 Å². The molecule has 0 amide bonds. The van der Waals surface area contributed by atoms with Gasteiger partial charge in [0.1, 0.15) is 17.7 Å². The van der Waals surface area contributed by atoms with E-state index in [-0.39, 0.29) is 28.5 Å². The fourth-order valence-electron chi connectivity index (χ4n) is 3.35. The second-order valence-electron chi connectivity index (χ2n) is 7.24. The molecule has 0 fully saturated rings. The van der Waals surface area contributed by atoms with Crippen molar-refractivity contribution < 1.29 is 23.1 Å². The number of aliphatic carboxylic acids is 1. The van der Waals surface area contributed by atoms with Gasteiger partial charge in [-0.25, -0.2) is 13.2 Å². The molecule has 0 saturated carbocycles. The number of carboxylic acids is 1. The van der Waals surface area contributed by atoms with Gasteiger partial charge in [0.15, 0.2) is 9.84 Å². The smallest absolute Gasteiger partial charge is 0.329 e. The molecule has 0 bridgehead atoms. The van der Waals surface area contributed by atoms with E-state index >= 15 is 0 Å². The molecule has 1 aliphatic rings. The average molecular weight is 493 g/mol. The highest BCUT2D eigenvalue weighted by Gasteiger charge is 2.39. The molecule has 0 aromatic heterocycles. The number of hydrogen-bond donors (Lipinski definition) is 3. The van der Waals surface area contributed by atoms with E-state index in [2.05, 4.69) is 0 Å². The van der Waals surface area contributed by atoms with Gasteiger partial charge >= 0.3 is 5.97 Å². The number of benzene rings is 2. The summed E-state index contributed by atoms with van der Waals surface area (Å²) in [5, 5.41) is 15.6. The van der Waals surface area contributed by atoms with Crippen molar-refractivity contribution in [1.29, 1.82) is 5.41 Å². The predicted molar refractivity (Wildman–Crippen MR) is 130 cm³/mol. The number of carboxylic acid groups (broad SMARTS) is 1. The van der Waals surface area contributed by atoms with Crippen molar-refractivity contribution in [3.05, 3.63) is 64.6 Å². The van der Waals surface area contributed by atoms with E-state index < -0.39 is 21.1 Å². The molecule has 1 aliphatic heterocycles. The quantitative estimate of drug-likeness (QED) is 0.357. The second kappa shape index (κ2) is 10.1. The molecular formula is C22H24N2O5S3. The normalized spacial score (nSPS) is 18.4. The van der Waals surface area contributed by atoms with E-state index in [0.717, 1.165) is 22.3 Å². The van der Waals surface area contributed by atoms with Gasteiger partial charge in [-0.1, -0.05) is 24.3 Å². The molecule has 0 aliphatic carbocycles. The Morgan fingerprint density at radius 1 is 1.28 bits per heavy atom. The van der Waals surface area contributed by atoms with E-state index in [4.69, 9.17) is 21.0 Å². The number of nitrogens with one attached hydrogen (secondary N) is 1. The fraction of sp³-hybridized carbons (Fsp3) is 0.273. The lowest BCUT2D eigenvalue weighted by Crippen LogP contribution is -2.25. The van der Waals surface area contributed by atoms with Crippen molar-refractivity contribution in [3.8, 4) is 11.1 Å². The van der Waals surface area contributed by atoms with Gasteiger partial charge in [0.2, 0.25) is 0 Å². The summed E-state index contributed by atoms with van der Waals surface area (Å²) in [6.45, 7) is 1.69. The molecule has 32 heavy (non-hydrogen) atoms. The highest BCUT2D eigenvalue weighted by atomic mass is 32.2. The lowest BCUT2D eigenvalue weighted by atomic mass is 9.98. The Balaban J connectivity index is 1.95. The highest BCUT2D eigenvalue weighted by molar-refractivity contribution is 8.20. The molecule has 2 unspecified atom stereocenters. The molecule has 2 aromatic carbocycles. The van der Waals surface area contributed by atoms with E-state index in [0.29, 0.717) is 4.91 Å². The van der Waals surface area contributed by atoms with E-state index in [1.807, 2.05) is 37.4 Å². The summed E-state index contributed by atoms with van der Waals surface area (Å²) in [4.78, 5) is 11.4. The zero-order valence-electron chi connectivity index (χ0n) is 17.6. The summed E-state index contributed by atoms with van der Waals surface area (Å²) in [5.74, 6) is -1.16. The van der Waals surface area contributed by atoms with Gasteiger partial charge in [0, 0.05) is 4.91 Å². The van der Waals surface area contributed by atoms with Crippen LogP contribution in [0.5, 0.6) is 0 Å². The molecule has 0 radical (unpaired) electrons. The molecule has 2 atom stereocenters. The van der Waals surface area contributed by atoms with Gasteiger partial charge in [-0.3, -0.25) is 5.41 Å². The van der Waals surface area contributed by atoms with E-state index in [1.54, 1.807) is 24.3 Å². The maximum atomic E-state index is 13.5. The Morgan fingerprint density at radius 2 is 2.03 bits per heavy atom. The van der Waals surface area contributed by atoms with Crippen LogP contribution < -0.4 is 5.73 Å². The van der Waals surface area contributed by atoms with Crippen LogP contribution in [0.4, 0.5) is 0 Å². The first-order valence-corrected chi connectivity index (χ1v) is 13.3. The van der Waals surface area contributed by atoms with Gasteiger partial charge in [-0.05, 0) is 59.7 Å². The summed E-state index contributed by atoms with van der Waals surface area (Å²) in [6.07, 6.45) is 3.41. The van der Waals surface area contributed by atoms with Crippen molar-refractivity contribution in [2.24, 2.45) is 5.73 Å². The first-order valence-electron chi connectivity index (χ1n) is 9.62. The Kier molecular flexibility index (Phi) is 7.71. The van der Waals surface area contributed by atoms with Crippen LogP contribution in [0.1, 0.15) is 11.1 Å². The van der Waals surface area contributed by atoms with Crippen molar-refractivity contribution in [1.82, 2.24) is 0 Å². The molecule has 4 N–H and O–H groups in total. The van der Waals surface area contributed by atoms with Crippen molar-refractivity contribution >= 4 is 45.2 Å². The third-order valence-electron chi connectivity index (χ3n) is 4.95. The number of carbonyl (C=O) groups is 1. The van der Waals surface area contributed by atoms with Crippen LogP contribution in [-0.4, -0.2) is 48.0 Å². The minimum Gasteiger partial charge on any atom is -0.480 e. The predicted octanol–water partition coefficient (Wildman–Crippen LogP) is 3.66. The standard InChI is InChI=1S/C22H24N2O5S3/c1-13-6-7-14(11-29-12-20(25)26)8-17(13)15-4-3-5-16(9-15)32(27,28)19-10-18(21(23)24)31-22(19)30-2/h3-10,19,22H,11-12H2,1-2H3,(H3,23,24)(H,25,26). The molecule has 2 aromatic rings. The second-order valence-corrected chi connectivity index (χ2v) is 11.8. The van der Waals surface area contributed by atoms with Crippen LogP contribution in [-0.2, 0) is 26.0 Å². The number of amidine groups is 1. The fourth-order valence-corrected chi connectivity index (χ4v) is 8.16. The van der Waals surface area contributed by atoms with Crippen LogP contribution in [0, 0.1) is 12.3 Å². The Bertz CT molecular complexity index is 1180. The highest BCUT2D eigenvalue weighted by Crippen LogP contribution is 2.43. The average Bonchev–Trinajstić information content (AvgIpc) is 3.20. The third kappa shape index (κ3) is 5.37. The lowest BCUT2D eigenvalue weighted by Gasteiger charge is -2.18. The molecule has 0 saturated heterocycles. The number of rotatable bonds is 9. The molecule has 170 valence electrons. The summed E-state index contributed by atoms with van der Waals surface area (Å²) >= 11 is 2.72. The van der Waals surface area contributed by atoms with E-state index in [1.165, 1.54) is 23.5 Å². The summed E-state index contributed by atoms with van der Waals surface area (Å²) in [7, 11) is -3.70. The van der Waals surface area contributed by atoms with Crippen molar-refractivity contribution in [3.63, 3.8) is 0 Å². The molecular weight excluding hydrogens is 468 g/mol. The number of sulfone groups is 1. The summed E-state index contributed by atoms with van der Waals surface area (Å²) in [5.41, 5.74) is 8.93. The van der Waals surface area contributed by atoms with Crippen LogP contribution in [0.15, 0.2) is 58.3 Å². The van der Waals surface area contributed by atoms with Gasteiger partial charge in [-0.15, -0.1) is 23.5 Å². The van der Waals surface area contributed by atoms with Crippen molar-refractivity contribution in [2.75, 3.05) is 12.9 Å². The first-order chi connectivity index (χ1) is 15.1. The molecule has 10 heteroatoms. The van der Waals surface area contributed by atoms with E-state index in [9.17, 15) is 13.2 Å². The summed E-state index contributed by atoms with van der Waals surface area (Å²) < 4.78 is 31.8. The zero-order chi connectivity index (χ0) is 23.5. The minimum absolute atomic E-state index is 0.127. The number of hydrogen-bond acceptors (Lipinski definition) is 7. The number of thioether (sulfide) groups is 2. The van der Waals surface area contributed by atoms with Gasteiger partial charge in [0.25, 0.3) is 0 Å². The van der Waals surface area contributed by atoms with Crippen molar-refractivity contribution in [2.45, 2.75) is 28.3 Å². The summed E-state index contributed by atoms with van der Waals surface area (Å²) in [6, 6.07) is 12.4. The number of ether oxygens (including phenoxy) is 1. The number of aryl methyl sites for hydroxylation is 1. The SMILES string of the molecule is CSC1SC(C(=N)N)=CC1S(=O)(=O)c1cccc(-c2cc(COCC(=O)O)ccc2C)c1. The Morgan fingerprint density at radius 3 is 2.69 bits per heavy atom. The Labute approximate surface area is 195 Å². The monoisotopic (exact) mass is 492 g/mol. The topological polar surface area (TPSA) is 131 Å². The number of nitrogens with two attached hydrogens (primary N) is 1. The molecule has 0 spiro atoms. The molecule has 1 heterocycles. The Hall–Kier alpha value is -2.27. The third-order valence-corrected chi connectivity index (χ3v) is 10.1. The first kappa shape index (κ1) is 24.4. The molecule has 3 rings (SSSR count). The molecule has 7 nitrogen and oxygen atoms in total. The minimum atomic E-state index is -3.70.